The number of nitrogens with zero attached hydrogens (tertiary/aromatic N) is 3. The molecule has 0 amide bonds. The second kappa shape index (κ2) is 4.46. The van der Waals surface area contributed by atoms with Crippen LogP contribution in [0.1, 0.15) is 22.2 Å². The highest BCUT2D eigenvalue weighted by Gasteiger charge is 2.03. The molecule has 4 nitrogen and oxygen atoms in total. The van der Waals surface area contributed by atoms with E-state index in [1.165, 1.54) is 0 Å². The molecule has 0 unspecified atom stereocenters. The van der Waals surface area contributed by atoms with Gasteiger partial charge >= 0.3 is 0 Å². The van der Waals surface area contributed by atoms with Crippen LogP contribution in [0.2, 0.25) is 0 Å². The summed E-state index contributed by atoms with van der Waals surface area (Å²) in [6, 6.07) is 1.83. The largest absolute Gasteiger partial charge is 0.325 e. The summed E-state index contributed by atoms with van der Waals surface area (Å²) in [5.41, 5.74) is 7.40. The molecular formula is C10H12N4S. The van der Waals surface area contributed by atoms with Crippen molar-refractivity contribution in [3.8, 4) is 0 Å². The lowest BCUT2D eigenvalue weighted by atomic mass is 10.3. The van der Waals surface area contributed by atoms with Gasteiger partial charge in [0.05, 0.1) is 22.8 Å². The van der Waals surface area contributed by atoms with E-state index in [1.54, 1.807) is 17.5 Å². The summed E-state index contributed by atoms with van der Waals surface area (Å²) in [5, 5.41) is 3.10. The summed E-state index contributed by atoms with van der Waals surface area (Å²) < 4.78 is 0. The smallest absolute Gasteiger partial charge is 0.134 e. The zero-order valence-electron chi connectivity index (χ0n) is 8.47. The summed E-state index contributed by atoms with van der Waals surface area (Å²) in [5.74, 6) is 0.781. The molecule has 0 saturated carbocycles. The highest BCUT2D eigenvalue weighted by atomic mass is 32.1. The van der Waals surface area contributed by atoms with Crippen LogP contribution in [0.5, 0.6) is 0 Å². The quantitative estimate of drug-likeness (QED) is 0.846. The number of aromatic nitrogens is 3. The number of rotatable bonds is 3. The van der Waals surface area contributed by atoms with Gasteiger partial charge in [0.15, 0.2) is 0 Å². The van der Waals surface area contributed by atoms with E-state index < -0.39 is 0 Å². The Morgan fingerprint density at radius 2 is 2.20 bits per heavy atom. The van der Waals surface area contributed by atoms with Crippen molar-refractivity contribution in [1.82, 2.24) is 15.0 Å². The van der Waals surface area contributed by atoms with Crippen LogP contribution in [0.4, 0.5) is 0 Å². The van der Waals surface area contributed by atoms with E-state index in [-0.39, 0.29) is 0 Å². The van der Waals surface area contributed by atoms with Gasteiger partial charge in [-0.05, 0) is 13.0 Å². The molecule has 2 rings (SSSR count). The van der Waals surface area contributed by atoms with Gasteiger partial charge in [-0.3, -0.25) is 0 Å². The van der Waals surface area contributed by atoms with Crippen LogP contribution in [0, 0.1) is 6.92 Å². The first-order valence-electron chi connectivity index (χ1n) is 4.70. The minimum atomic E-state index is 0.450. The second-order valence-corrected chi connectivity index (χ2v) is 4.27. The van der Waals surface area contributed by atoms with Crippen molar-refractivity contribution in [2.75, 3.05) is 0 Å². The molecule has 2 aromatic rings. The zero-order valence-corrected chi connectivity index (χ0v) is 9.29. The summed E-state index contributed by atoms with van der Waals surface area (Å²) in [7, 11) is 0. The Morgan fingerprint density at radius 1 is 1.33 bits per heavy atom. The average molecular weight is 220 g/mol. The van der Waals surface area contributed by atoms with Crippen molar-refractivity contribution < 1.29 is 0 Å². The Balaban J connectivity index is 2.16. The molecule has 15 heavy (non-hydrogen) atoms. The molecule has 0 aliphatic heterocycles. The van der Waals surface area contributed by atoms with Crippen LogP contribution < -0.4 is 5.73 Å². The third kappa shape index (κ3) is 2.57. The molecule has 0 atom stereocenters. The molecular weight excluding hydrogens is 208 g/mol. The van der Waals surface area contributed by atoms with E-state index in [9.17, 15) is 0 Å². The summed E-state index contributed by atoms with van der Waals surface area (Å²) in [6.45, 7) is 2.44. The van der Waals surface area contributed by atoms with Crippen molar-refractivity contribution in [3.63, 3.8) is 0 Å². The SMILES string of the molecule is Cc1nc(Cc2nccc(CN)n2)cs1. The highest BCUT2D eigenvalue weighted by Crippen LogP contribution is 2.10. The number of hydrogen-bond donors (Lipinski definition) is 1. The Labute approximate surface area is 92.2 Å². The summed E-state index contributed by atoms with van der Waals surface area (Å²) in [4.78, 5) is 12.9. The maximum atomic E-state index is 5.51. The minimum Gasteiger partial charge on any atom is -0.325 e. The fourth-order valence-electron chi connectivity index (χ4n) is 1.29. The van der Waals surface area contributed by atoms with E-state index in [0.29, 0.717) is 13.0 Å². The van der Waals surface area contributed by atoms with Crippen molar-refractivity contribution in [3.05, 3.63) is 39.9 Å². The zero-order chi connectivity index (χ0) is 10.7. The average Bonchev–Trinajstić information content (AvgIpc) is 2.64. The van der Waals surface area contributed by atoms with E-state index in [2.05, 4.69) is 15.0 Å². The predicted molar refractivity (Wildman–Crippen MR) is 59.6 cm³/mol. The Hall–Kier alpha value is -1.33. The number of aryl methyl sites for hydroxylation is 1. The lowest BCUT2D eigenvalue weighted by Crippen LogP contribution is -2.04. The summed E-state index contributed by atoms with van der Waals surface area (Å²) in [6.07, 6.45) is 2.42. The first kappa shape index (κ1) is 10.2. The van der Waals surface area contributed by atoms with Crippen molar-refractivity contribution in [2.45, 2.75) is 19.9 Å². The number of thiazole rings is 1. The van der Waals surface area contributed by atoms with Crippen LogP contribution in [-0.2, 0) is 13.0 Å². The van der Waals surface area contributed by atoms with Gasteiger partial charge in [0.1, 0.15) is 5.82 Å². The van der Waals surface area contributed by atoms with E-state index >= 15 is 0 Å². The monoisotopic (exact) mass is 220 g/mol. The lowest BCUT2D eigenvalue weighted by Gasteiger charge is -1.99. The Kier molecular flexibility index (Phi) is 3.03. The van der Waals surface area contributed by atoms with Gasteiger partial charge in [-0.15, -0.1) is 11.3 Å². The number of hydrogen-bond acceptors (Lipinski definition) is 5. The Bertz CT molecular complexity index is 452. The van der Waals surface area contributed by atoms with Gasteiger partial charge in [0.25, 0.3) is 0 Å². The normalized spacial score (nSPS) is 10.5. The topological polar surface area (TPSA) is 64.7 Å². The van der Waals surface area contributed by atoms with Crippen molar-refractivity contribution in [1.29, 1.82) is 0 Å². The fraction of sp³-hybridized carbons (Fsp3) is 0.300. The van der Waals surface area contributed by atoms with E-state index in [4.69, 9.17) is 5.73 Å². The maximum Gasteiger partial charge on any atom is 0.134 e. The van der Waals surface area contributed by atoms with Gasteiger partial charge < -0.3 is 5.73 Å². The molecule has 0 saturated heterocycles. The third-order valence-electron chi connectivity index (χ3n) is 1.98. The molecule has 0 bridgehead atoms. The first-order chi connectivity index (χ1) is 7.28. The Morgan fingerprint density at radius 3 is 2.87 bits per heavy atom. The fourth-order valence-corrected chi connectivity index (χ4v) is 1.90. The molecule has 2 aromatic heterocycles. The molecule has 0 radical (unpaired) electrons. The van der Waals surface area contributed by atoms with Gasteiger partial charge in [-0.2, -0.15) is 0 Å². The van der Waals surface area contributed by atoms with E-state index in [1.807, 2.05) is 18.4 Å². The molecule has 2 heterocycles. The first-order valence-corrected chi connectivity index (χ1v) is 5.58. The van der Waals surface area contributed by atoms with Crippen LogP contribution in [-0.4, -0.2) is 15.0 Å². The van der Waals surface area contributed by atoms with Crippen LogP contribution in [0.3, 0.4) is 0 Å². The predicted octanol–water partition coefficient (Wildman–Crippen LogP) is 1.29. The molecule has 0 fully saturated rings. The maximum absolute atomic E-state index is 5.51. The molecule has 0 aliphatic carbocycles. The molecule has 0 aliphatic rings. The lowest BCUT2D eigenvalue weighted by molar-refractivity contribution is 0.879. The van der Waals surface area contributed by atoms with Gasteiger partial charge in [-0.1, -0.05) is 0 Å². The van der Waals surface area contributed by atoms with Gasteiger partial charge in [-0.25, -0.2) is 15.0 Å². The van der Waals surface area contributed by atoms with Crippen LogP contribution in [0.15, 0.2) is 17.6 Å². The number of nitrogens with two attached hydrogens (primary N) is 1. The van der Waals surface area contributed by atoms with Gasteiger partial charge in [0, 0.05) is 18.1 Å². The van der Waals surface area contributed by atoms with E-state index in [0.717, 1.165) is 22.2 Å². The van der Waals surface area contributed by atoms with Crippen molar-refractivity contribution >= 4 is 11.3 Å². The molecule has 2 N–H and O–H groups in total. The van der Waals surface area contributed by atoms with Gasteiger partial charge in [0.2, 0.25) is 0 Å². The molecule has 78 valence electrons. The molecule has 0 spiro atoms. The van der Waals surface area contributed by atoms with Crippen LogP contribution in [0.25, 0.3) is 0 Å². The standard InChI is InChI=1S/C10H12N4S/c1-7-13-9(6-15-7)4-10-12-3-2-8(5-11)14-10/h2-3,6H,4-5,11H2,1H3. The minimum absolute atomic E-state index is 0.450. The van der Waals surface area contributed by atoms with Crippen molar-refractivity contribution in [2.24, 2.45) is 5.73 Å². The third-order valence-corrected chi connectivity index (χ3v) is 2.80. The molecule has 5 heteroatoms. The highest BCUT2D eigenvalue weighted by molar-refractivity contribution is 7.09. The second-order valence-electron chi connectivity index (χ2n) is 3.20. The summed E-state index contributed by atoms with van der Waals surface area (Å²) >= 11 is 1.64. The molecule has 0 aromatic carbocycles. The van der Waals surface area contributed by atoms with Crippen LogP contribution >= 0.6 is 11.3 Å².